The molecular weight excluding hydrogens is 358 g/mol. The molecule has 1 amide bonds. The van der Waals surface area contributed by atoms with Crippen molar-refractivity contribution in [2.24, 2.45) is 5.92 Å². The van der Waals surface area contributed by atoms with E-state index in [-0.39, 0.29) is 17.9 Å². The van der Waals surface area contributed by atoms with Crippen molar-refractivity contribution in [1.29, 1.82) is 0 Å². The Balaban J connectivity index is 1.78. The summed E-state index contributed by atoms with van der Waals surface area (Å²) in [4.78, 5) is 42.0. The van der Waals surface area contributed by atoms with Crippen LogP contribution in [0, 0.1) is 12.8 Å². The van der Waals surface area contributed by atoms with Crippen molar-refractivity contribution >= 4 is 22.8 Å². The second kappa shape index (κ2) is 7.07. The molecule has 2 aromatic heterocycles. The van der Waals surface area contributed by atoms with Gasteiger partial charge in [0.05, 0.1) is 6.54 Å². The topological polar surface area (TPSA) is 94.2 Å². The first-order valence-electron chi connectivity index (χ1n) is 9.31. The molecule has 0 radical (unpaired) electrons. The predicted molar refractivity (Wildman–Crippen MR) is 104 cm³/mol. The molecule has 0 saturated heterocycles. The number of pyridine rings is 1. The number of rotatable bonds is 6. The number of benzene rings is 1. The SMILES string of the molecule is CNC(=O)c1cc(C(=O)CC2CC2)cn(Cc2cccc3nc(C)oc23)c1=O. The first-order valence-corrected chi connectivity index (χ1v) is 9.31. The van der Waals surface area contributed by atoms with Gasteiger partial charge in [-0.05, 0) is 30.9 Å². The maximum absolute atomic E-state index is 12.9. The van der Waals surface area contributed by atoms with E-state index in [2.05, 4.69) is 10.3 Å². The number of Topliss-reactive ketones (excluding diaryl/α,β-unsaturated/α-hetero) is 1. The standard InChI is InChI=1S/C21H21N3O4/c1-12-23-17-5-3-4-14(19(17)28-12)10-24-11-15(18(25)8-13-6-7-13)9-16(21(24)27)20(26)22-2/h3-5,9,11,13H,6-8,10H2,1-2H3,(H,22,26). The zero-order valence-electron chi connectivity index (χ0n) is 15.8. The van der Waals surface area contributed by atoms with Gasteiger partial charge in [-0.2, -0.15) is 0 Å². The van der Waals surface area contributed by atoms with Crippen LogP contribution >= 0.6 is 0 Å². The number of oxazole rings is 1. The van der Waals surface area contributed by atoms with Crippen molar-refractivity contribution in [3.63, 3.8) is 0 Å². The minimum atomic E-state index is -0.506. The van der Waals surface area contributed by atoms with E-state index in [0.717, 1.165) is 18.4 Å². The van der Waals surface area contributed by atoms with E-state index in [4.69, 9.17) is 4.42 Å². The van der Waals surface area contributed by atoms with Gasteiger partial charge in [0, 0.05) is 37.7 Å². The first-order chi connectivity index (χ1) is 13.5. The highest BCUT2D eigenvalue weighted by atomic mass is 16.3. The van der Waals surface area contributed by atoms with Gasteiger partial charge in [0.15, 0.2) is 17.3 Å². The highest BCUT2D eigenvalue weighted by Gasteiger charge is 2.26. The third kappa shape index (κ3) is 3.47. The molecule has 1 aliphatic carbocycles. The molecule has 3 aromatic rings. The van der Waals surface area contributed by atoms with Gasteiger partial charge in [-0.15, -0.1) is 0 Å². The Kier molecular flexibility index (Phi) is 4.58. The van der Waals surface area contributed by atoms with E-state index >= 15 is 0 Å². The number of carbonyl (C=O) groups excluding carboxylic acids is 2. The predicted octanol–water partition coefficient (Wildman–Crippen LogP) is 2.69. The van der Waals surface area contributed by atoms with Gasteiger partial charge < -0.3 is 14.3 Å². The summed E-state index contributed by atoms with van der Waals surface area (Å²) in [7, 11) is 1.46. The molecule has 0 aliphatic heterocycles. The summed E-state index contributed by atoms with van der Waals surface area (Å²) in [6, 6.07) is 6.93. The minimum absolute atomic E-state index is 0.0370. The number of ketones is 1. The lowest BCUT2D eigenvalue weighted by molar-refractivity contribution is 0.0961. The monoisotopic (exact) mass is 379 g/mol. The number of nitrogens with one attached hydrogen (secondary N) is 1. The molecule has 1 aliphatic rings. The molecule has 1 fully saturated rings. The number of fused-ring (bicyclic) bond motifs is 1. The summed E-state index contributed by atoms with van der Waals surface area (Å²) >= 11 is 0. The Morgan fingerprint density at radius 2 is 2.11 bits per heavy atom. The van der Waals surface area contributed by atoms with Gasteiger partial charge in [0.1, 0.15) is 11.1 Å². The van der Waals surface area contributed by atoms with Gasteiger partial charge >= 0.3 is 0 Å². The van der Waals surface area contributed by atoms with Crippen LogP contribution in [-0.2, 0) is 6.54 Å². The van der Waals surface area contributed by atoms with Crippen LogP contribution in [0.4, 0.5) is 0 Å². The molecule has 0 unspecified atom stereocenters. The van der Waals surface area contributed by atoms with Crippen LogP contribution in [0.2, 0.25) is 0 Å². The molecule has 1 aromatic carbocycles. The smallest absolute Gasteiger partial charge is 0.263 e. The van der Waals surface area contributed by atoms with Crippen molar-refractivity contribution in [3.8, 4) is 0 Å². The third-order valence-corrected chi connectivity index (χ3v) is 4.99. The Morgan fingerprint density at radius 3 is 2.82 bits per heavy atom. The van der Waals surface area contributed by atoms with Crippen LogP contribution in [0.3, 0.4) is 0 Å². The molecule has 0 bridgehead atoms. The first kappa shape index (κ1) is 18.2. The molecule has 1 saturated carbocycles. The maximum atomic E-state index is 12.9. The number of carbonyl (C=O) groups is 2. The van der Waals surface area contributed by atoms with Gasteiger partial charge in [0.25, 0.3) is 11.5 Å². The molecule has 2 heterocycles. The molecule has 0 spiro atoms. The largest absolute Gasteiger partial charge is 0.441 e. The van der Waals surface area contributed by atoms with Crippen LogP contribution in [0.25, 0.3) is 11.1 Å². The molecule has 4 rings (SSSR count). The van der Waals surface area contributed by atoms with E-state index in [1.165, 1.54) is 17.7 Å². The average molecular weight is 379 g/mol. The maximum Gasteiger partial charge on any atom is 0.263 e. The van der Waals surface area contributed by atoms with Crippen LogP contribution in [0.15, 0.2) is 39.7 Å². The molecule has 1 N–H and O–H groups in total. The lowest BCUT2D eigenvalue weighted by atomic mass is 10.0. The van der Waals surface area contributed by atoms with Crippen LogP contribution < -0.4 is 10.9 Å². The molecule has 28 heavy (non-hydrogen) atoms. The van der Waals surface area contributed by atoms with Crippen LogP contribution in [0.5, 0.6) is 0 Å². The van der Waals surface area contributed by atoms with Gasteiger partial charge in [-0.1, -0.05) is 12.1 Å². The Hall–Kier alpha value is -3.22. The summed E-state index contributed by atoms with van der Waals surface area (Å²) in [5, 5.41) is 2.47. The zero-order valence-corrected chi connectivity index (χ0v) is 15.8. The number of hydrogen-bond donors (Lipinski definition) is 1. The fraction of sp³-hybridized carbons (Fsp3) is 0.333. The van der Waals surface area contributed by atoms with Crippen molar-refractivity contribution in [3.05, 3.63) is 63.4 Å². The lowest BCUT2D eigenvalue weighted by Gasteiger charge is -2.11. The third-order valence-electron chi connectivity index (χ3n) is 4.99. The summed E-state index contributed by atoms with van der Waals surface area (Å²) in [5.41, 5.74) is 1.96. The number of para-hydroxylation sites is 1. The number of hydrogen-bond acceptors (Lipinski definition) is 5. The molecule has 144 valence electrons. The molecule has 7 nitrogen and oxygen atoms in total. The zero-order chi connectivity index (χ0) is 19.8. The van der Waals surface area contributed by atoms with E-state index in [9.17, 15) is 14.4 Å². The molecule has 7 heteroatoms. The fourth-order valence-corrected chi connectivity index (χ4v) is 3.33. The van der Waals surface area contributed by atoms with E-state index in [1.807, 2.05) is 18.2 Å². The number of amides is 1. The second-order valence-electron chi connectivity index (χ2n) is 7.22. The van der Waals surface area contributed by atoms with Crippen molar-refractivity contribution in [2.45, 2.75) is 32.7 Å². The number of aryl methyl sites for hydroxylation is 1. The van der Waals surface area contributed by atoms with Gasteiger partial charge in [0.2, 0.25) is 0 Å². The summed E-state index contributed by atoms with van der Waals surface area (Å²) in [6.07, 6.45) is 4.10. The number of nitrogens with zero attached hydrogens (tertiary/aromatic N) is 2. The van der Waals surface area contributed by atoms with Crippen molar-refractivity contribution < 1.29 is 14.0 Å². The Labute approximate surface area is 161 Å². The highest BCUT2D eigenvalue weighted by Crippen LogP contribution is 2.33. The Bertz CT molecular complexity index is 1140. The average Bonchev–Trinajstić information content (AvgIpc) is 3.40. The molecular formula is C21H21N3O4. The van der Waals surface area contributed by atoms with E-state index in [0.29, 0.717) is 34.9 Å². The van der Waals surface area contributed by atoms with Crippen molar-refractivity contribution in [2.75, 3.05) is 7.05 Å². The second-order valence-corrected chi connectivity index (χ2v) is 7.22. The van der Waals surface area contributed by atoms with Crippen LogP contribution in [-0.4, -0.2) is 28.3 Å². The van der Waals surface area contributed by atoms with Gasteiger partial charge in [-0.25, -0.2) is 4.98 Å². The summed E-state index contributed by atoms with van der Waals surface area (Å²) in [6.45, 7) is 1.94. The quantitative estimate of drug-likeness (QED) is 0.665. The minimum Gasteiger partial charge on any atom is -0.441 e. The fourth-order valence-electron chi connectivity index (χ4n) is 3.33. The normalized spacial score (nSPS) is 13.6. The van der Waals surface area contributed by atoms with E-state index in [1.54, 1.807) is 13.1 Å². The summed E-state index contributed by atoms with van der Waals surface area (Å²) in [5.74, 6) is 0.403. The number of aromatic nitrogens is 2. The van der Waals surface area contributed by atoms with E-state index < -0.39 is 11.5 Å². The van der Waals surface area contributed by atoms with Gasteiger partial charge in [-0.3, -0.25) is 14.4 Å². The van der Waals surface area contributed by atoms with Crippen molar-refractivity contribution in [1.82, 2.24) is 14.9 Å². The Morgan fingerprint density at radius 1 is 1.32 bits per heavy atom. The lowest BCUT2D eigenvalue weighted by Crippen LogP contribution is -2.32. The highest BCUT2D eigenvalue weighted by molar-refractivity contribution is 6.00. The van der Waals surface area contributed by atoms with Crippen LogP contribution in [0.1, 0.15) is 51.4 Å². The molecule has 0 atom stereocenters. The summed E-state index contributed by atoms with van der Waals surface area (Å²) < 4.78 is 7.08.